The minimum absolute atomic E-state index is 0.556. The second kappa shape index (κ2) is 9.71. The van der Waals surface area contributed by atoms with Crippen molar-refractivity contribution in [3.8, 4) is 0 Å². The first-order chi connectivity index (χ1) is 14.0. The first kappa shape index (κ1) is 21.7. The molecule has 3 saturated heterocycles. The number of piperazine rings is 1. The number of thioether (sulfide) groups is 2. The highest BCUT2D eigenvalue weighted by Crippen LogP contribution is 2.32. The van der Waals surface area contributed by atoms with Crippen LogP contribution >= 0.6 is 23.5 Å². The number of nitrogens with zero attached hydrogens (tertiary/aromatic N) is 3. The molecule has 3 nitrogen and oxygen atoms in total. The second-order valence-corrected chi connectivity index (χ2v) is 10.5. The Morgan fingerprint density at radius 1 is 0.862 bits per heavy atom. The van der Waals surface area contributed by atoms with Crippen LogP contribution in [0.15, 0.2) is 24.3 Å². The third-order valence-corrected chi connectivity index (χ3v) is 8.79. The van der Waals surface area contributed by atoms with Crippen molar-refractivity contribution in [2.45, 2.75) is 31.1 Å². The standard InChI is InChI=1S/C21H30F3N3S2/c22-21(23,24)17-3-1-4-18(13-17)25-7-9-26(10-8-25)19-5-2-6-27(14-19)20-15-28-11-12-29-16-20/h1,3-4,13,19-20H,2,5-12,14-16H2. The summed E-state index contributed by atoms with van der Waals surface area (Å²) in [4.78, 5) is 7.39. The van der Waals surface area contributed by atoms with Crippen molar-refractivity contribution in [3.63, 3.8) is 0 Å². The molecule has 0 aromatic heterocycles. The summed E-state index contributed by atoms with van der Waals surface area (Å²) in [7, 11) is 0. The molecule has 1 atom stereocenters. The fourth-order valence-electron chi connectivity index (χ4n) is 4.65. The highest BCUT2D eigenvalue weighted by Gasteiger charge is 2.33. The average Bonchev–Trinajstić information content (AvgIpc) is 3.03. The van der Waals surface area contributed by atoms with Gasteiger partial charge in [0.05, 0.1) is 5.56 Å². The molecular formula is C21H30F3N3S2. The molecule has 3 aliphatic heterocycles. The first-order valence-corrected chi connectivity index (χ1v) is 12.9. The Labute approximate surface area is 180 Å². The van der Waals surface area contributed by atoms with Gasteiger partial charge in [0, 0.05) is 73.5 Å². The van der Waals surface area contributed by atoms with Gasteiger partial charge in [-0.3, -0.25) is 9.80 Å². The number of rotatable bonds is 3. The molecule has 162 valence electrons. The smallest absolute Gasteiger partial charge is 0.369 e. The summed E-state index contributed by atoms with van der Waals surface area (Å²) in [6.45, 7) is 5.83. The molecule has 1 aromatic rings. The molecule has 1 unspecified atom stereocenters. The molecular weight excluding hydrogens is 415 g/mol. The zero-order valence-electron chi connectivity index (χ0n) is 16.7. The van der Waals surface area contributed by atoms with Gasteiger partial charge in [-0.2, -0.15) is 36.7 Å². The van der Waals surface area contributed by atoms with Crippen molar-refractivity contribution in [1.29, 1.82) is 0 Å². The zero-order valence-corrected chi connectivity index (χ0v) is 18.4. The zero-order chi connectivity index (χ0) is 20.3. The maximum atomic E-state index is 13.0. The molecule has 29 heavy (non-hydrogen) atoms. The van der Waals surface area contributed by atoms with Crippen LogP contribution in [0.2, 0.25) is 0 Å². The van der Waals surface area contributed by atoms with E-state index >= 15 is 0 Å². The van der Waals surface area contributed by atoms with E-state index in [1.165, 1.54) is 54.5 Å². The average molecular weight is 446 g/mol. The lowest BCUT2D eigenvalue weighted by atomic mass is 10.0. The van der Waals surface area contributed by atoms with Gasteiger partial charge in [-0.1, -0.05) is 6.07 Å². The Morgan fingerprint density at radius 3 is 2.28 bits per heavy atom. The van der Waals surface area contributed by atoms with E-state index in [1.807, 2.05) is 0 Å². The Balaban J connectivity index is 1.32. The highest BCUT2D eigenvalue weighted by molar-refractivity contribution is 8.03. The summed E-state index contributed by atoms with van der Waals surface area (Å²) in [6.07, 6.45) is -1.78. The molecule has 0 saturated carbocycles. The van der Waals surface area contributed by atoms with Crippen molar-refractivity contribution >= 4 is 29.2 Å². The van der Waals surface area contributed by atoms with Gasteiger partial charge < -0.3 is 4.90 Å². The van der Waals surface area contributed by atoms with Crippen LogP contribution in [0.25, 0.3) is 0 Å². The van der Waals surface area contributed by atoms with Crippen molar-refractivity contribution in [2.75, 3.05) is 67.2 Å². The van der Waals surface area contributed by atoms with Crippen LogP contribution < -0.4 is 4.90 Å². The minimum atomic E-state index is -4.28. The number of benzene rings is 1. The summed E-state index contributed by atoms with van der Waals surface area (Å²) >= 11 is 4.18. The number of piperidine rings is 1. The van der Waals surface area contributed by atoms with Crippen LogP contribution in [-0.2, 0) is 6.18 Å². The van der Waals surface area contributed by atoms with E-state index in [0.29, 0.717) is 17.8 Å². The summed E-state index contributed by atoms with van der Waals surface area (Å²) in [6, 6.07) is 7.05. The maximum Gasteiger partial charge on any atom is 0.416 e. The van der Waals surface area contributed by atoms with E-state index in [9.17, 15) is 13.2 Å². The molecule has 0 radical (unpaired) electrons. The fraction of sp³-hybridized carbons (Fsp3) is 0.714. The van der Waals surface area contributed by atoms with E-state index in [0.717, 1.165) is 38.8 Å². The molecule has 0 aliphatic carbocycles. The van der Waals surface area contributed by atoms with E-state index in [1.54, 1.807) is 6.07 Å². The highest BCUT2D eigenvalue weighted by atomic mass is 32.2. The van der Waals surface area contributed by atoms with Gasteiger partial charge >= 0.3 is 6.18 Å². The third-order valence-electron chi connectivity index (χ3n) is 6.31. The van der Waals surface area contributed by atoms with Gasteiger partial charge in [0.25, 0.3) is 0 Å². The van der Waals surface area contributed by atoms with Gasteiger partial charge in [0.15, 0.2) is 0 Å². The number of hydrogen-bond acceptors (Lipinski definition) is 5. The van der Waals surface area contributed by atoms with Gasteiger partial charge in [0.2, 0.25) is 0 Å². The molecule has 0 bridgehead atoms. The Bertz CT molecular complexity index is 657. The number of likely N-dealkylation sites (tertiary alicyclic amines) is 1. The van der Waals surface area contributed by atoms with Crippen LogP contribution in [0, 0.1) is 0 Å². The lowest BCUT2D eigenvalue weighted by molar-refractivity contribution is -0.137. The Morgan fingerprint density at radius 2 is 1.59 bits per heavy atom. The van der Waals surface area contributed by atoms with Gasteiger partial charge in [-0.05, 0) is 37.6 Å². The second-order valence-electron chi connectivity index (χ2n) is 8.17. The number of halogens is 3. The normalized spacial score (nSPS) is 26.4. The van der Waals surface area contributed by atoms with Crippen LogP contribution in [0.4, 0.5) is 18.9 Å². The molecule has 0 N–H and O–H groups in total. The topological polar surface area (TPSA) is 9.72 Å². The summed E-state index contributed by atoms with van der Waals surface area (Å²) in [5, 5.41) is 0. The minimum Gasteiger partial charge on any atom is -0.369 e. The number of anilines is 1. The lowest BCUT2D eigenvalue weighted by Gasteiger charge is -2.45. The monoisotopic (exact) mass is 445 g/mol. The summed E-state index contributed by atoms with van der Waals surface area (Å²) in [5.41, 5.74) is 0.136. The van der Waals surface area contributed by atoms with Gasteiger partial charge in [-0.15, -0.1) is 0 Å². The molecule has 3 fully saturated rings. The van der Waals surface area contributed by atoms with E-state index < -0.39 is 11.7 Å². The molecule has 4 rings (SSSR count). The van der Waals surface area contributed by atoms with E-state index in [4.69, 9.17) is 0 Å². The number of alkyl halides is 3. The van der Waals surface area contributed by atoms with Crippen LogP contribution in [0.1, 0.15) is 18.4 Å². The number of hydrogen-bond donors (Lipinski definition) is 0. The van der Waals surface area contributed by atoms with Crippen LogP contribution in [0.5, 0.6) is 0 Å². The summed E-state index contributed by atoms with van der Waals surface area (Å²) < 4.78 is 39.1. The van der Waals surface area contributed by atoms with Crippen molar-refractivity contribution in [2.24, 2.45) is 0 Å². The third kappa shape index (κ3) is 5.57. The Kier molecular flexibility index (Phi) is 7.25. The molecule has 1 aromatic carbocycles. The Hall–Kier alpha value is -0.570. The van der Waals surface area contributed by atoms with Crippen molar-refractivity contribution in [3.05, 3.63) is 29.8 Å². The van der Waals surface area contributed by atoms with Gasteiger partial charge in [-0.25, -0.2) is 0 Å². The SMILES string of the molecule is FC(F)(F)c1cccc(N2CCN(C3CCCN(C4CSCCSC4)C3)CC2)c1. The molecule has 3 heterocycles. The fourth-order valence-corrected chi connectivity index (χ4v) is 7.28. The van der Waals surface area contributed by atoms with Crippen molar-refractivity contribution < 1.29 is 13.2 Å². The largest absolute Gasteiger partial charge is 0.416 e. The van der Waals surface area contributed by atoms with E-state index in [2.05, 4.69) is 38.2 Å². The van der Waals surface area contributed by atoms with Gasteiger partial charge in [0.1, 0.15) is 0 Å². The molecule has 0 spiro atoms. The quantitative estimate of drug-likeness (QED) is 0.690. The first-order valence-electron chi connectivity index (χ1n) is 10.6. The van der Waals surface area contributed by atoms with Crippen LogP contribution in [0.3, 0.4) is 0 Å². The lowest BCUT2D eigenvalue weighted by Crippen LogP contribution is -2.57. The van der Waals surface area contributed by atoms with E-state index in [-0.39, 0.29) is 0 Å². The molecule has 8 heteroatoms. The van der Waals surface area contributed by atoms with Crippen molar-refractivity contribution in [1.82, 2.24) is 9.80 Å². The molecule has 0 amide bonds. The molecule has 3 aliphatic rings. The summed E-state index contributed by atoms with van der Waals surface area (Å²) in [5.74, 6) is 5.05. The van der Waals surface area contributed by atoms with Crippen LogP contribution in [-0.4, -0.2) is 84.2 Å². The predicted molar refractivity (Wildman–Crippen MR) is 118 cm³/mol. The maximum absolute atomic E-state index is 13.0. The predicted octanol–water partition coefficient (Wildman–Crippen LogP) is 4.14.